The van der Waals surface area contributed by atoms with Gasteiger partial charge in [-0.1, -0.05) is 82.2 Å². The molecule has 1 N–H and O–H groups in total. The number of carboxylic acid groups (broad SMARTS) is 1. The Kier molecular flexibility index (Phi) is 7.24. The lowest BCUT2D eigenvalue weighted by molar-refractivity contribution is -0.131. The first-order chi connectivity index (χ1) is 12.3. The lowest BCUT2D eigenvalue weighted by atomic mass is 9.47. The van der Waals surface area contributed by atoms with Crippen LogP contribution in [0.3, 0.4) is 0 Å². The molecule has 0 aliphatic heterocycles. The molecule has 0 aromatic rings. The van der Waals surface area contributed by atoms with Crippen molar-refractivity contribution in [2.75, 3.05) is 7.11 Å². The number of carboxylic acids is 1. The summed E-state index contributed by atoms with van der Waals surface area (Å²) in [4.78, 5) is 10.7. The summed E-state index contributed by atoms with van der Waals surface area (Å²) in [5.41, 5.74) is 3.03. The summed E-state index contributed by atoms with van der Waals surface area (Å²) >= 11 is 0. The second kappa shape index (κ2) is 8.43. The zero-order valence-corrected chi connectivity index (χ0v) is 18.4. The third-order valence-corrected chi connectivity index (χ3v) is 6.84. The first kappa shape index (κ1) is 23.2. The van der Waals surface area contributed by atoms with Gasteiger partial charge in [-0.05, 0) is 31.8 Å². The molecule has 0 aromatic carbocycles. The number of methoxy groups -OCH3 is 1. The molecule has 27 heavy (non-hydrogen) atoms. The first-order valence-electron chi connectivity index (χ1n) is 9.46. The fourth-order valence-electron chi connectivity index (χ4n) is 3.78. The number of rotatable bonds is 6. The maximum Gasteiger partial charge on any atom is 0.328 e. The van der Waals surface area contributed by atoms with E-state index in [2.05, 4.69) is 66.7 Å². The monoisotopic (exact) mass is 372 g/mol. The number of hydrogen-bond donors (Lipinski definition) is 1. The number of allylic oxidation sites excluding steroid dienone is 8. The molecular formula is C24H36O3. The molecule has 0 fully saturated rings. The smallest absolute Gasteiger partial charge is 0.328 e. The van der Waals surface area contributed by atoms with E-state index in [0.29, 0.717) is 5.57 Å². The molecule has 0 aromatic heterocycles. The third-order valence-electron chi connectivity index (χ3n) is 6.84. The van der Waals surface area contributed by atoms with Crippen molar-refractivity contribution < 1.29 is 14.6 Å². The molecule has 0 saturated heterocycles. The Bertz CT molecular complexity index is 714. The second-order valence-electron chi connectivity index (χ2n) is 8.88. The van der Waals surface area contributed by atoms with Crippen molar-refractivity contribution in [2.45, 2.75) is 61.5 Å². The first-order valence-corrected chi connectivity index (χ1v) is 9.46. The quantitative estimate of drug-likeness (QED) is 0.347. The highest BCUT2D eigenvalue weighted by Crippen LogP contribution is 2.60. The molecule has 2 atom stereocenters. The zero-order chi connectivity index (χ0) is 21.0. The summed E-state index contributed by atoms with van der Waals surface area (Å²) < 4.78 is 5.77. The van der Waals surface area contributed by atoms with Crippen LogP contribution in [0.15, 0.2) is 59.3 Å². The van der Waals surface area contributed by atoms with Crippen molar-refractivity contribution in [3.8, 4) is 0 Å². The van der Waals surface area contributed by atoms with Gasteiger partial charge >= 0.3 is 5.97 Å². The van der Waals surface area contributed by atoms with Crippen LogP contribution in [0.4, 0.5) is 0 Å². The molecule has 0 heterocycles. The van der Waals surface area contributed by atoms with Crippen LogP contribution in [0.2, 0.25) is 0 Å². The lowest BCUT2D eigenvalue weighted by Crippen LogP contribution is -2.54. The fourth-order valence-corrected chi connectivity index (χ4v) is 3.78. The highest BCUT2D eigenvalue weighted by molar-refractivity contribution is 5.81. The van der Waals surface area contributed by atoms with E-state index in [1.54, 1.807) is 20.1 Å². The van der Waals surface area contributed by atoms with Crippen LogP contribution in [0.25, 0.3) is 0 Å². The van der Waals surface area contributed by atoms with Crippen molar-refractivity contribution in [1.29, 1.82) is 0 Å². The molecule has 1 rings (SSSR count). The Balaban J connectivity index is 3.16. The van der Waals surface area contributed by atoms with E-state index < -0.39 is 5.97 Å². The Morgan fingerprint density at radius 3 is 2.22 bits per heavy atom. The van der Waals surface area contributed by atoms with E-state index in [-0.39, 0.29) is 22.3 Å². The minimum atomic E-state index is -0.926. The summed E-state index contributed by atoms with van der Waals surface area (Å²) in [6.45, 7) is 17.5. The van der Waals surface area contributed by atoms with Crippen LogP contribution in [-0.4, -0.2) is 24.3 Å². The maximum atomic E-state index is 10.7. The van der Waals surface area contributed by atoms with Crippen molar-refractivity contribution in [1.82, 2.24) is 0 Å². The van der Waals surface area contributed by atoms with Gasteiger partial charge in [0.2, 0.25) is 0 Å². The predicted molar refractivity (Wildman–Crippen MR) is 114 cm³/mol. The molecule has 0 bridgehead atoms. The Morgan fingerprint density at radius 1 is 1.11 bits per heavy atom. The van der Waals surface area contributed by atoms with E-state index >= 15 is 0 Å². The molecule has 0 saturated carbocycles. The van der Waals surface area contributed by atoms with Gasteiger partial charge in [-0.3, -0.25) is 0 Å². The summed E-state index contributed by atoms with van der Waals surface area (Å²) in [5, 5.41) is 8.75. The zero-order valence-electron chi connectivity index (χ0n) is 18.4. The number of hydrogen-bond acceptors (Lipinski definition) is 2. The lowest BCUT2D eigenvalue weighted by Gasteiger charge is -2.58. The van der Waals surface area contributed by atoms with Crippen LogP contribution in [0.5, 0.6) is 0 Å². The number of ether oxygens (including phenoxy) is 1. The van der Waals surface area contributed by atoms with Gasteiger partial charge in [0, 0.05) is 24.0 Å². The van der Waals surface area contributed by atoms with Crippen LogP contribution in [0, 0.1) is 16.2 Å². The standard InChI is InChI=1S/C24H36O3/c1-17(11-10-12-18(2)15-21(25)26)13-14-24(8)19(3)16-20(27-9)22(4,5)23(24,6)7/h10-16,20H,1-9H3,(H,25,26)/b12-10+,14-13+,17-11+,18-15+. The van der Waals surface area contributed by atoms with Crippen molar-refractivity contribution in [3.63, 3.8) is 0 Å². The molecule has 3 nitrogen and oxygen atoms in total. The Labute approximate surface area is 165 Å². The summed E-state index contributed by atoms with van der Waals surface area (Å²) in [6, 6.07) is 0. The molecule has 0 amide bonds. The van der Waals surface area contributed by atoms with Crippen molar-refractivity contribution in [3.05, 3.63) is 59.3 Å². The van der Waals surface area contributed by atoms with Gasteiger partial charge in [-0.2, -0.15) is 0 Å². The minimum Gasteiger partial charge on any atom is -0.478 e. The van der Waals surface area contributed by atoms with Crippen LogP contribution in [0.1, 0.15) is 55.4 Å². The van der Waals surface area contributed by atoms with Crippen molar-refractivity contribution >= 4 is 5.97 Å². The molecule has 2 unspecified atom stereocenters. The average molecular weight is 373 g/mol. The molecule has 3 heteroatoms. The van der Waals surface area contributed by atoms with Gasteiger partial charge in [0.15, 0.2) is 0 Å². The van der Waals surface area contributed by atoms with Crippen LogP contribution < -0.4 is 0 Å². The van der Waals surface area contributed by atoms with Gasteiger partial charge in [-0.15, -0.1) is 0 Å². The largest absolute Gasteiger partial charge is 0.478 e. The topological polar surface area (TPSA) is 46.5 Å². The van der Waals surface area contributed by atoms with E-state index in [1.165, 1.54) is 11.6 Å². The average Bonchev–Trinajstić information content (AvgIpc) is 2.54. The normalized spacial score (nSPS) is 28.6. The van der Waals surface area contributed by atoms with E-state index in [0.717, 1.165) is 5.57 Å². The minimum absolute atomic E-state index is 0.00700. The molecular weight excluding hydrogens is 336 g/mol. The van der Waals surface area contributed by atoms with Gasteiger partial charge < -0.3 is 9.84 Å². The number of carbonyl (C=O) groups is 1. The third kappa shape index (κ3) is 4.70. The van der Waals surface area contributed by atoms with E-state index in [9.17, 15) is 4.79 Å². The van der Waals surface area contributed by atoms with Gasteiger partial charge in [-0.25, -0.2) is 4.79 Å². The van der Waals surface area contributed by atoms with Crippen molar-refractivity contribution in [2.24, 2.45) is 16.2 Å². The Morgan fingerprint density at radius 2 is 1.70 bits per heavy atom. The summed E-state index contributed by atoms with van der Waals surface area (Å²) in [5.74, 6) is -0.926. The summed E-state index contributed by atoms with van der Waals surface area (Å²) in [7, 11) is 1.78. The predicted octanol–water partition coefficient (Wildman–Crippen LogP) is 6.11. The summed E-state index contributed by atoms with van der Waals surface area (Å²) in [6.07, 6.45) is 13.7. The van der Waals surface area contributed by atoms with Gasteiger partial charge in [0.05, 0.1) is 6.10 Å². The van der Waals surface area contributed by atoms with Gasteiger partial charge in [0.1, 0.15) is 0 Å². The van der Waals surface area contributed by atoms with Gasteiger partial charge in [0.25, 0.3) is 0 Å². The van der Waals surface area contributed by atoms with Crippen LogP contribution >= 0.6 is 0 Å². The highest BCUT2D eigenvalue weighted by atomic mass is 16.5. The molecule has 1 aliphatic rings. The number of aliphatic carboxylic acids is 1. The molecule has 150 valence electrons. The Hall–Kier alpha value is -1.87. The molecule has 0 spiro atoms. The van der Waals surface area contributed by atoms with Crippen LogP contribution in [-0.2, 0) is 9.53 Å². The molecule has 1 aliphatic carbocycles. The molecule has 0 radical (unpaired) electrons. The highest BCUT2D eigenvalue weighted by Gasteiger charge is 2.55. The maximum absolute atomic E-state index is 10.7. The van der Waals surface area contributed by atoms with E-state index in [1.807, 2.05) is 12.2 Å². The van der Waals surface area contributed by atoms with E-state index in [4.69, 9.17) is 9.84 Å². The second-order valence-corrected chi connectivity index (χ2v) is 8.88. The fraction of sp³-hybridized carbons (Fsp3) is 0.542. The SMILES string of the molecule is COC1C=C(C)C(C)(/C=C/C(C)=C/C=C/C(C)=C/C(=O)O)C(C)(C)C1(C)C.